The van der Waals surface area contributed by atoms with Crippen LogP contribution >= 0.6 is 11.6 Å². The SMILES string of the molecule is COC(=O)COc1ccccc1Oc1cc(-n2c(=O)cc(C)n(C)c2=O)c(F)cc1Cl. The van der Waals surface area contributed by atoms with Gasteiger partial charge >= 0.3 is 11.7 Å². The van der Waals surface area contributed by atoms with E-state index < -0.39 is 23.0 Å². The van der Waals surface area contributed by atoms with Gasteiger partial charge in [0.25, 0.3) is 5.56 Å². The highest BCUT2D eigenvalue weighted by Gasteiger charge is 2.18. The van der Waals surface area contributed by atoms with E-state index in [1.165, 1.54) is 24.8 Å². The van der Waals surface area contributed by atoms with Crippen LogP contribution in [0.1, 0.15) is 5.69 Å². The minimum absolute atomic E-state index is 0.0262. The van der Waals surface area contributed by atoms with Gasteiger partial charge < -0.3 is 18.8 Å². The van der Waals surface area contributed by atoms with E-state index in [0.717, 1.165) is 12.1 Å². The number of esters is 1. The molecule has 0 unspecified atom stereocenters. The van der Waals surface area contributed by atoms with Crippen LogP contribution < -0.4 is 20.7 Å². The van der Waals surface area contributed by atoms with Gasteiger partial charge in [0.15, 0.2) is 18.1 Å². The molecule has 2 aromatic carbocycles. The summed E-state index contributed by atoms with van der Waals surface area (Å²) in [5.41, 5.74) is -1.32. The normalized spacial score (nSPS) is 10.6. The maximum atomic E-state index is 14.7. The molecule has 0 atom stereocenters. The Bertz CT molecular complexity index is 1270. The molecular weight excluding hydrogens is 431 g/mol. The van der Waals surface area contributed by atoms with Crippen LogP contribution in [0, 0.1) is 12.7 Å². The number of benzene rings is 2. The van der Waals surface area contributed by atoms with Crippen molar-refractivity contribution in [2.24, 2.45) is 7.05 Å². The van der Waals surface area contributed by atoms with E-state index in [9.17, 15) is 18.8 Å². The summed E-state index contributed by atoms with van der Waals surface area (Å²) in [7, 11) is 2.69. The van der Waals surface area contributed by atoms with Crippen molar-refractivity contribution in [2.45, 2.75) is 6.92 Å². The molecule has 0 amide bonds. The molecule has 10 heteroatoms. The molecule has 0 bridgehead atoms. The zero-order valence-corrected chi connectivity index (χ0v) is 17.6. The second-order valence-corrected chi connectivity index (χ2v) is 6.86. The van der Waals surface area contributed by atoms with Gasteiger partial charge in [0.1, 0.15) is 11.6 Å². The fourth-order valence-electron chi connectivity index (χ4n) is 2.69. The largest absolute Gasteiger partial charge is 0.478 e. The molecule has 0 aliphatic heterocycles. The van der Waals surface area contributed by atoms with Crippen molar-refractivity contribution in [3.05, 3.63) is 79.8 Å². The highest BCUT2D eigenvalue weighted by Crippen LogP contribution is 2.36. The summed E-state index contributed by atoms with van der Waals surface area (Å²) in [4.78, 5) is 36.3. The third-order valence-electron chi connectivity index (χ3n) is 4.44. The van der Waals surface area contributed by atoms with Crippen molar-refractivity contribution in [3.8, 4) is 22.9 Å². The van der Waals surface area contributed by atoms with E-state index >= 15 is 0 Å². The van der Waals surface area contributed by atoms with Gasteiger partial charge in [-0.15, -0.1) is 0 Å². The summed E-state index contributed by atoms with van der Waals surface area (Å²) >= 11 is 6.13. The van der Waals surface area contributed by atoms with E-state index in [0.29, 0.717) is 10.3 Å². The summed E-state index contributed by atoms with van der Waals surface area (Å²) in [6.45, 7) is 1.24. The van der Waals surface area contributed by atoms with Crippen LogP contribution in [-0.2, 0) is 16.6 Å². The number of nitrogens with zero attached hydrogens (tertiary/aromatic N) is 2. The molecule has 3 aromatic rings. The number of methoxy groups -OCH3 is 1. The number of carbonyl (C=O) groups is 1. The van der Waals surface area contributed by atoms with Gasteiger partial charge in [-0.2, -0.15) is 0 Å². The topological polar surface area (TPSA) is 88.8 Å². The molecule has 0 radical (unpaired) electrons. The van der Waals surface area contributed by atoms with Gasteiger partial charge in [0, 0.05) is 24.9 Å². The fourth-order valence-corrected chi connectivity index (χ4v) is 2.88. The lowest BCUT2D eigenvalue weighted by Gasteiger charge is -2.15. The van der Waals surface area contributed by atoms with Crippen LogP contribution in [0.2, 0.25) is 5.02 Å². The minimum atomic E-state index is -0.879. The molecule has 0 aliphatic rings. The average Bonchev–Trinajstić information content (AvgIpc) is 2.74. The third-order valence-corrected chi connectivity index (χ3v) is 4.74. The molecule has 0 spiro atoms. The van der Waals surface area contributed by atoms with Gasteiger partial charge in [0.05, 0.1) is 17.8 Å². The number of hydrogen-bond acceptors (Lipinski definition) is 6. The first-order valence-electron chi connectivity index (χ1n) is 8.98. The van der Waals surface area contributed by atoms with Gasteiger partial charge in [-0.05, 0) is 25.1 Å². The number of halogens is 2. The van der Waals surface area contributed by atoms with Crippen LogP contribution in [0.15, 0.2) is 52.1 Å². The number of aromatic nitrogens is 2. The molecule has 1 aromatic heterocycles. The average molecular weight is 449 g/mol. The van der Waals surface area contributed by atoms with Gasteiger partial charge in [-0.1, -0.05) is 23.7 Å². The van der Waals surface area contributed by atoms with Gasteiger partial charge in [-0.3, -0.25) is 4.79 Å². The van der Waals surface area contributed by atoms with Crippen molar-refractivity contribution in [3.63, 3.8) is 0 Å². The molecule has 31 heavy (non-hydrogen) atoms. The summed E-state index contributed by atoms with van der Waals surface area (Å²) in [6.07, 6.45) is 0. The number of para-hydroxylation sites is 2. The number of hydrogen-bond donors (Lipinski definition) is 0. The van der Waals surface area contributed by atoms with E-state index in [1.807, 2.05) is 0 Å². The Morgan fingerprint density at radius 3 is 2.45 bits per heavy atom. The first-order chi connectivity index (χ1) is 14.7. The Labute approximate surface area is 181 Å². The molecule has 162 valence electrons. The Balaban J connectivity index is 2.05. The van der Waals surface area contributed by atoms with Crippen LogP contribution in [-0.4, -0.2) is 28.8 Å². The smallest absolute Gasteiger partial charge is 0.343 e. The second-order valence-electron chi connectivity index (χ2n) is 6.45. The summed E-state index contributed by atoms with van der Waals surface area (Å²) in [6, 6.07) is 9.71. The van der Waals surface area contributed by atoms with Crippen LogP contribution in [0.25, 0.3) is 5.69 Å². The van der Waals surface area contributed by atoms with E-state index in [1.54, 1.807) is 31.2 Å². The molecule has 0 fully saturated rings. The third kappa shape index (κ3) is 4.61. The Morgan fingerprint density at radius 2 is 1.77 bits per heavy atom. The van der Waals surface area contributed by atoms with Crippen LogP contribution in [0.5, 0.6) is 17.2 Å². The lowest BCUT2D eigenvalue weighted by molar-refractivity contribution is -0.142. The molecule has 8 nitrogen and oxygen atoms in total. The predicted octanol–water partition coefficient (Wildman–Crippen LogP) is 2.98. The molecule has 0 saturated heterocycles. The highest BCUT2D eigenvalue weighted by molar-refractivity contribution is 6.32. The first-order valence-corrected chi connectivity index (χ1v) is 9.36. The lowest BCUT2D eigenvalue weighted by atomic mass is 10.2. The molecule has 3 rings (SSSR count). The maximum Gasteiger partial charge on any atom is 0.343 e. The number of rotatable bonds is 6. The van der Waals surface area contributed by atoms with Crippen molar-refractivity contribution in [1.82, 2.24) is 9.13 Å². The highest BCUT2D eigenvalue weighted by atomic mass is 35.5. The van der Waals surface area contributed by atoms with Crippen LogP contribution in [0.3, 0.4) is 0 Å². The van der Waals surface area contributed by atoms with Crippen LogP contribution in [0.4, 0.5) is 4.39 Å². The summed E-state index contributed by atoms with van der Waals surface area (Å²) < 4.78 is 32.2. The van der Waals surface area contributed by atoms with Crippen molar-refractivity contribution < 1.29 is 23.4 Å². The van der Waals surface area contributed by atoms with Crippen molar-refractivity contribution in [1.29, 1.82) is 0 Å². The standard InChI is InChI=1S/C21H18ClFN2O6/c1-12-8-19(26)25(21(28)24(12)2)15-10-18(13(22)9-14(15)23)31-17-7-5-4-6-16(17)30-11-20(27)29-3/h4-10H,11H2,1-3H3. The summed E-state index contributed by atoms with van der Waals surface area (Å²) in [5, 5.41) is -0.0963. The number of carbonyl (C=O) groups excluding carboxylic acids is 1. The Hall–Kier alpha value is -3.59. The summed E-state index contributed by atoms with van der Waals surface area (Å²) in [5.74, 6) is -1.11. The molecule has 0 aliphatic carbocycles. The quantitative estimate of drug-likeness (QED) is 0.539. The van der Waals surface area contributed by atoms with E-state index in [2.05, 4.69) is 4.74 Å². The second kappa shape index (κ2) is 9.05. The molecular formula is C21H18ClFN2O6. The Morgan fingerprint density at radius 1 is 1.10 bits per heavy atom. The Kier molecular flexibility index (Phi) is 6.45. The minimum Gasteiger partial charge on any atom is -0.478 e. The van der Waals surface area contributed by atoms with E-state index in [4.69, 9.17) is 21.1 Å². The first kappa shape index (κ1) is 22.1. The predicted molar refractivity (Wildman–Crippen MR) is 111 cm³/mol. The van der Waals surface area contributed by atoms with Gasteiger partial charge in [-0.25, -0.2) is 18.5 Å². The molecule has 0 saturated carbocycles. The van der Waals surface area contributed by atoms with Crippen molar-refractivity contribution >= 4 is 17.6 Å². The zero-order valence-electron chi connectivity index (χ0n) is 16.8. The zero-order chi connectivity index (χ0) is 22.7. The monoisotopic (exact) mass is 448 g/mol. The van der Waals surface area contributed by atoms with E-state index in [-0.39, 0.29) is 34.6 Å². The molecule has 0 N–H and O–H groups in total. The lowest BCUT2D eigenvalue weighted by Crippen LogP contribution is -2.38. The molecule has 1 heterocycles. The van der Waals surface area contributed by atoms with Gasteiger partial charge in [0.2, 0.25) is 0 Å². The number of aryl methyl sites for hydroxylation is 1. The van der Waals surface area contributed by atoms with Crippen molar-refractivity contribution in [2.75, 3.05) is 13.7 Å². The number of ether oxygens (including phenoxy) is 3. The fraction of sp³-hybridized carbons (Fsp3) is 0.190. The maximum absolute atomic E-state index is 14.7.